The van der Waals surface area contributed by atoms with Crippen LogP contribution in [0.2, 0.25) is 0 Å². The van der Waals surface area contributed by atoms with Gasteiger partial charge in [-0.3, -0.25) is 0 Å². The number of anilines is 1. The molecular weight excluding hydrogens is 290 g/mol. The molecule has 1 aromatic rings. The van der Waals surface area contributed by atoms with E-state index in [1.165, 1.54) is 11.3 Å². The molecule has 0 spiro atoms. The van der Waals surface area contributed by atoms with E-state index in [2.05, 4.69) is 39.2 Å². The molecule has 21 heavy (non-hydrogen) atoms. The fourth-order valence-corrected chi connectivity index (χ4v) is 2.68. The highest BCUT2D eigenvalue weighted by atomic mass is 32.2. The molecule has 0 saturated carbocycles. The predicted molar refractivity (Wildman–Crippen MR) is 83.0 cm³/mol. The van der Waals surface area contributed by atoms with E-state index in [9.17, 15) is 8.42 Å². The molecule has 1 aliphatic heterocycles. The Hall–Kier alpha value is -1.15. The third-order valence-electron chi connectivity index (χ3n) is 3.35. The van der Waals surface area contributed by atoms with Gasteiger partial charge < -0.3 is 19.7 Å². The molecule has 1 fully saturated rings. The second-order valence-electron chi connectivity index (χ2n) is 5.13. The van der Waals surface area contributed by atoms with Gasteiger partial charge in [-0.1, -0.05) is 18.7 Å². The van der Waals surface area contributed by atoms with Crippen LogP contribution in [0, 0.1) is 0 Å². The molecule has 0 amide bonds. The van der Waals surface area contributed by atoms with Crippen molar-refractivity contribution in [2.75, 3.05) is 50.5 Å². The fraction of sp³-hybridized carbons (Fsp3) is 0.571. The predicted octanol–water partition coefficient (Wildman–Crippen LogP) is -0.0801. The molecule has 0 aliphatic carbocycles. The summed E-state index contributed by atoms with van der Waals surface area (Å²) in [7, 11) is -3.20. The topological polar surface area (TPSA) is 77.3 Å². The molecule has 2 N–H and O–H groups in total. The normalized spacial score (nSPS) is 16.1. The lowest BCUT2D eigenvalue weighted by atomic mass is 10.2. The van der Waals surface area contributed by atoms with Crippen LogP contribution in [0.4, 0.5) is 5.69 Å². The number of sulfonamides is 1. The number of rotatable bonds is 7. The minimum absolute atomic E-state index is 0.338. The largest absolute Gasteiger partial charge is 0.545 e. The number of hydrogen-bond acceptors (Lipinski definition) is 4. The zero-order chi connectivity index (χ0) is 15.1. The molecule has 0 aromatic heterocycles. The Morgan fingerprint density at radius 1 is 1.24 bits per heavy atom. The number of benzene rings is 1. The average molecular weight is 313 g/mol. The number of ether oxygens (including phenoxy) is 1. The summed E-state index contributed by atoms with van der Waals surface area (Å²) in [5, 5.41) is 2.07. The van der Waals surface area contributed by atoms with Crippen LogP contribution in [0.3, 0.4) is 0 Å². The molecule has 1 aliphatic rings. The Morgan fingerprint density at radius 2 is 1.90 bits per heavy atom. The van der Waals surface area contributed by atoms with Crippen molar-refractivity contribution in [2.45, 2.75) is 6.54 Å². The molecule has 7 heteroatoms. The van der Waals surface area contributed by atoms with Crippen molar-refractivity contribution in [1.82, 2.24) is 0 Å². The first-order valence-corrected chi connectivity index (χ1v) is 9.01. The van der Waals surface area contributed by atoms with E-state index >= 15 is 0 Å². The Labute approximate surface area is 126 Å². The zero-order valence-corrected chi connectivity index (χ0v) is 13.2. The summed E-state index contributed by atoms with van der Waals surface area (Å²) < 4.78 is 30.6. The van der Waals surface area contributed by atoms with Crippen LogP contribution in [0.1, 0.15) is 5.56 Å². The van der Waals surface area contributed by atoms with Gasteiger partial charge in [0, 0.05) is 30.6 Å². The monoisotopic (exact) mass is 313 g/mol. The van der Waals surface area contributed by atoms with E-state index in [-0.39, 0.29) is 0 Å². The van der Waals surface area contributed by atoms with Gasteiger partial charge in [-0.25, -0.2) is 8.42 Å². The van der Waals surface area contributed by atoms with Gasteiger partial charge in [0.25, 0.3) is 0 Å². The fourth-order valence-electron chi connectivity index (χ4n) is 2.24. The molecule has 1 heterocycles. The second kappa shape index (κ2) is 7.74. The van der Waals surface area contributed by atoms with Crippen molar-refractivity contribution in [1.29, 1.82) is 0 Å². The zero-order valence-electron chi connectivity index (χ0n) is 12.4. The maximum atomic E-state index is 10.9. The SMILES string of the molecule is CS(=O)(=O)[N-]CC[NH2+]Cc1ccc(N2CCOCC2)cc1. The smallest absolute Gasteiger partial charge is 0.101 e. The second-order valence-corrected chi connectivity index (χ2v) is 6.86. The van der Waals surface area contributed by atoms with Crippen molar-refractivity contribution >= 4 is 15.7 Å². The number of morpholine rings is 1. The summed E-state index contributed by atoms with van der Waals surface area (Å²) in [6.07, 6.45) is 1.12. The lowest BCUT2D eigenvalue weighted by Crippen LogP contribution is -2.83. The maximum Gasteiger partial charge on any atom is 0.101 e. The summed E-state index contributed by atoms with van der Waals surface area (Å²) in [4.78, 5) is 2.32. The standard InChI is InChI=1S/C14H22N3O3S/c1-21(18,19)16-7-6-15-12-13-2-4-14(5-3-13)17-8-10-20-11-9-17/h2-5,15H,6-12H2,1H3/q-1/p+1. The molecule has 0 unspecified atom stereocenters. The van der Waals surface area contributed by atoms with E-state index in [1.54, 1.807) is 0 Å². The molecular formula is C14H23N3O3S. The summed E-state index contributed by atoms with van der Waals surface area (Å²) in [5.41, 5.74) is 2.46. The molecule has 0 radical (unpaired) electrons. The van der Waals surface area contributed by atoms with E-state index in [0.717, 1.165) is 39.1 Å². The first-order valence-electron chi connectivity index (χ1n) is 7.17. The lowest BCUT2D eigenvalue weighted by molar-refractivity contribution is -0.667. The van der Waals surface area contributed by atoms with Crippen LogP contribution < -0.4 is 10.2 Å². The van der Waals surface area contributed by atoms with Gasteiger partial charge in [0.2, 0.25) is 0 Å². The highest BCUT2D eigenvalue weighted by molar-refractivity contribution is 7.93. The molecule has 1 aromatic carbocycles. The van der Waals surface area contributed by atoms with Gasteiger partial charge in [0.15, 0.2) is 0 Å². The van der Waals surface area contributed by atoms with Crippen molar-refractivity contribution in [3.8, 4) is 0 Å². The van der Waals surface area contributed by atoms with Gasteiger partial charge in [-0.05, 0) is 12.1 Å². The number of nitrogens with two attached hydrogens (primary N) is 1. The van der Waals surface area contributed by atoms with E-state index in [0.29, 0.717) is 13.1 Å². The minimum atomic E-state index is -3.20. The van der Waals surface area contributed by atoms with Crippen molar-refractivity contribution in [3.63, 3.8) is 0 Å². The van der Waals surface area contributed by atoms with Crippen LogP contribution in [0.5, 0.6) is 0 Å². The van der Waals surface area contributed by atoms with Gasteiger partial charge in [0.1, 0.15) is 6.54 Å². The first kappa shape index (κ1) is 16.2. The van der Waals surface area contributed by atoms with Crippen LogP contribution in [0.25, 0.3) is 4.72 Å². The highest BCUT2D eigenvalue weighted by Crippen LogP contribution is 2.16. The van der Waals surface area contributed by atoms with Gasteiger partial charge >= 0.3 is 0 Å². The van der Waals surface area contributed by atoms with E-state index in [4.69, 9.17) is 4.74 Å². The highest BCUT2D eigenvalue weighted by Gasteiger charge is 2.10. The quantitative estimate of drug-likeness (QED) is 0.714. The Balaban J connectivity index is 1.72. The Kier molecular flexibility index (Phi) is 5.98. The number of hydrogen-bond donors (Lipinski definition) is 1. The third kappa shape index (κ3) is 6.01. The summed E-state index contributed by atoms with van der Waals surface area (Å²) in [6.45, 7) is 5.32. The van der Waals surface area contributed by atoms with Crippen LogP contribution in [-0.4, -0.2) is 54.1 Å². The van der Waals surface area contributed by atoms with Crippen molar-refractivity contribution < 1.29 is 18.5 Å². The third-order valence-corrected chi connectivity index (χ3v) is 4.00. The summed E-state index contributed by atoms with van der Waals surface area (Å²) in [6, 6.07) is 8.51. The molecule has 118 valence electrons. The van der Waals surface area contributed by atoms with Crippen LogP contribution >= 0.6 is 0 Å². The number of quaternary nitrogens is 1. The summed E-state index contributed by atoms with van der Waals surface area (Å²) in [5.74, 6) is 0. The van der Waals surface area contributed by atoms with Crippen molar-refractivity contribution in [2.24, 2.45) is 0 Å². The summed E-state index contributed by atoms with van der Waals surface area (Å²) >= 11 is 0. The van der Waals surface area contributed by atoms with Crippen LogP contribution in [0.15, 0.2) is 24.3 Å². The Morgan fingerprint density at radius 3 is 2.52 bits per heavy atom. The van der Waals surface area contributed by atoms with Crippen molar-refractivity contribution in [3.05, 3.63) is 34.6 Å². The molecule has 2 rings (SSSR count). The number of nitrogens with zero attached hydrogens (tertiary/aromatic N) is 2. The van der Waals surface area contributed by atoms with Gasteiger partial charge in [-0.15, -0.1) is 0 Å². The van der Waals surface area contributed by atoms with E-state index < -0.39 is 10.0 Å². The first-order chi connectivity index (χ1) is 10.0. The van der Waals surface area contributed by atoms with Gasteiger partial charge in [-0.2, -0.15) is 0 Å². The molecule has 6 nitrogen and oxygen atoms in total. The Bertz CT molecular complexity index is 525. The minimum Gasteiger partial charge on any atom is -0.545 e. The maximum absolute atomic E-state index is 10.9. The average Bonchev–Trinajstić information content (AvgIpc) is 2.47. The molecule has 1 saturated heterocycles. The molecule has 0 bridgehead atoms. The lowest BCUT2D eigenvalue weighted by Gasteiger charge is -2.28. The van der Waals surface area contributed by atoms with Gasteiger partial charge in [0.05, 0.1) is 29.8 Å². The molecule has 0 atom stereocenters. The van der Waals surface area contributed by atoms with E-state index in [1.807, 2.05) is 0 Å². The van der Waals surface area contributed by atoms with Crippen LogP contribution in [-0.2, 0) is 21.3 Å².